The average Bonchev–Trinajstić information content (AvgIpc) is 3.34. The van der Waals surface area contributed by atoms with E-state index in [9.17, 15) is 14.4 Å². The van der Waals surface area contributed by atoms with Gasteiger partial charge in [0.15, 0.2) is 5.49 Å². The highest BCUT2D eigenvalue weighted by Crippen LogP contribution is 2.28. The van der Waals surface area contributed by atoms with E-state index >= 15 is 0 Å². The highest BCUT2D eigenvalue weighted by atomic mass is 35.5. The molecule has 0 radical (unpaired) electrons. The lowest BCUT2D eigenvalue weighted by atomic mass is 10.0. The number of carbonyl (C=O) groups is 3. The minimum atomic E-state index is -1.20. The number of carbonyl (C=O) groups excluding carboxylic acids is 3. The summed E-state index contributed by atoms with van der Waals surface area (Å²) in [5.74, 6) is -2.34. The first-order valence-corrected chi connectivity index (χ1v) is 14.3. The Morgan fingerprint density at radius 3 is 2.62 bits per heavy atom. The Bertz CT molecular complexity index is 1640. The van der Waals surface area contributed by atoms with Crippen LogP contribution in [0.25, 0.3) is 6.08 Å². The molecule has 216 valence electrons. The maximum absolute atomic E-state index is 13.2. The second-order valence-electron chi connectivity index (χ2n) is 10.6. The number of nitrogens with one attached hydrogen (secondary N) is 2. The SMILES string of the molecule is NCCC(NC(=O)c1ccc(Cl)c(NC(=O)C2C=c3cnc(N4CC5CCC(C4)O5)nc3=NC2=O)c1)c1ccccc1. The van der Waals surface area contributed by atoms with Crippen LogP contribution >= 0.6 is 11.6 Å². The van der Waals surface area contributed by atoms with Crippen molar-refractivity contribution in [3.05, 3.63) is 81.6 Å². The van der Waals surface area contributed by atoms with E-state index in [1.54, 1.807) is 12.3 Å². The monoisotopic (exact) mass is 587 g/mol. The van der Waals surface area contributed by atoms with Crippen LogP contribution in [-0.4, -0.2) is 59.5 Å². The van der Waals surface area contributed by atoms with Crippen LogP contribution in [0, 0.1) is 5.92 Å². The van der Waals surface area contributed by atoms with Gasteiger partial charge < -0.3 is 26.0 Å². The second-order valence-corrected chi connectivity index (χ2v) is 11.0. The molecule has 4 heterocycles. The summed E-state index contributed by atoms with van der Waals surface area (Å²) < 4.78 is 5.88. The van der Waals surface area contributed by atoms with Gasteiger partial charge in [-0.1, -0.05) is 48.0 Å². The fourth-order valence-corrected chi connectivity index (χ4v) is 5.68. The van der Waals surface area contributed by atoms with Gasteiger partial charge in [0, 0.05) is 30.1 Å². The van der Waals surface area contributed by atoms with Crippen molar-refractivity contribution < 1.29 is 19.1 Å². The number of hydrogen-bond acceptors (Lipinski definition) is 8. The molecule has 42 heavy (non-hydrogen) atoms. The average molecular weight is 588 g/mol. The Balaban J connectivity index is 1.17. The van der Waals surface area contributed by atoms with Gasteiger partial charge >= 0.3 is 0 Å². The molecule has 2 saturated heterocycles. The van der Waals surface area contributed by atoms with Crippen molar-refractivity contribution in [1.29, 1.82) is 0 Å². The minimum Gasteiger partial charge on any atom is -0.371 e. The van der Waals surface area contributed by atoms with Crippen molar-refractivity contribution in [2.24, 2.45) is 16.6 Å². The van der Waals surface area contributed by atoms with Gasteiger partial charge in [-0.05, 0) is 49.6 Å². The number of anilines is 2. The van der Waals surface area contributed by atoms with E-state index in [2.05, 4.69) is 25.6 Å². The summed E-state index contributed by atoms with van der Waals surface area (Å²) in [4.78, 5) is 54.3. The van der Waals surface area contributed by atoms with E-state index in [-0.39, 0.29) is 40.4 Å². The largest absolute Gasteiger partial charge is 0.371 e. The molecule has 4 atom stereocenters. The molecule has 3 aliphatic rings. The van der Waals surface area contributed by atoms with Crippen LogP contribution in [0.4, 0.5) is 11.6 Å². The number of nitrogens with two attached hydrogens (primary N) is 1. The summed E-state index contributed by atoms with van der Waals surface area (Å²) in [6, 6.07) is 13.8. The van der Waals surface area contributed by atoms with E-state index in [1.807, 2.05) is 35.2 Å². The van der Waals surface area contributed by atoms with Gasteiger partial charge in [-0.2, -0.15) is 9.98 Å². The third-order valence-corrected chi connectivity index (χ3v) is 8.00. The molecule has 6 rings (SSSR count). The molecular formula is C30H30ClN7O4. The summed E-state index contributed by atoms with van der Waals surface area (Å²) >= 11 is 6.35. The van der Waals surface area contributed by atoms with Crippen LogP contribution in [0.15, 0.2) is 59.7 Å². The summed E-state index contributed by atoms with van der Waals surface area (Å²) in [7, 11) is 0. The Morgan fingerprint density at radius 1 is 1.12 bits per heavy atom. The fourth-order valence-electron chi connectivity index (χ4n) is 5.51. The zero-order valence-corrected chi connectivity index (χ0v) is 23.5. The molecule has 1 aromatic heterocycles. The Labute approximate surface area is 246 Å². The Kier molecular flexibility index (Phi) is 7.96. The van der Waals surface area contributed by atoms with E-state index in [0.29, 0.717) is 42.8 Å². The van der Waals surface area contributed by atoms with Crippen molar-refractivity contribution in [2.75, 3.05) is 29.9 Å². The van der Waals surface area contributed by atoms with Crippen LogP contribution in [0.5, 0.6) is 0 Å². The quantitative estimate of drug-likeness (QED) is 0.335. The van der Waals surface area contributed by atoms with Gasteiger partial charge in [-0.15, -0.1) is 0 Å². The summed E-state index contributed by atoms with van der Waals surface area (Å²) in [6.07, 6.45) is 5.97. The van der Waals surface area contributed by atoms with Gasteiger partial charge in [-0.25, -0.2) is 4.98 Å². The lowest BCUT2D eigenvalue weighted by Gasteiger charge is -2.32. The molecule has 2 aromatic carbocycles. The second kappa shape index (κ2) is 12.0. The Morgan fingerprint density at radius 2 is 1.88 bits per heavy atom. The van der Waals surface area contributed by atoms with Crippen LogP contribution in [0.3, 0.4) is 0 Å². The van der Waals surface area contributed by atoms with Crippen molar-refractivity contribution in [3.63, 3.8) is 0 Å². The maximum atomic E-state index is 13.2. The molecule has 12 heteroatoms. The van der Waals surface area contributed by atoms with Gasteiger partial charge in [0.25, 0.3) is 11.8 Å². The number of amides is 3. The third-order valence-electron chi connectivity index (χ3n) is 7.67. The first kappa shape index (κ1) is 28.0. The Hall–Kier alpha value is -4.19. The summed E-state index contributed by atoms with van der Waals surface area (Å²) in [5, 5.41) is 6.38. The normalized spacial score (nSPS) is 21.5. The molecule has 0 aliphatic carbocycles. The number of nitrogens with zero attached hydrogens (tertiary/aromatic N) is 4. The first-order chi connectivity index (χ1) is 20.4. The van der Waals surface area contributed by atoms with E-state index in [4.69, 9.17) is 22.1 Å². The molecule has 0 saturated carbocycles. The topological polar surface area (TPSA) is 152 Å². The molecule has 2 bridgehead atoms. The number of ether oxygens (including phenoxy) is 1. The number of morpholine rings is 1. The third kappa shape index (κ3) is 5.89. The van der Waals surface area contributed by atoms with Crippen LogP contribution < -0.4 is 32.0 Å². The van der Waals surface area contributed by atoms with E-state index in [0.717, 1.165) is 18.4 Å². The van der Waals surface area contributed by atoms with Crippen LogP contribution in [0.1, 0.15) is 41.2 Å². The van der Waals surface area contributed by atoms with Crippen molar-refractivity contribution in [2.45, 2.75) is 37.5 Å². The molecule has 3 aromatic rings. The molecular weight excluding hydrogens is 558 g/mol. The van der Waals surface area contributed by atoms with Gasteiger partial charge in [0.2, 0.25) is 11.9 Å². The lowest BCUT2D eigenvalue weighted by molar-refractivity contribution is -0.128. The first-order valence-electron chi connectivity index (χ1n) is 13.9. The van der Waals surface area contributed by atoms with Crippen molar-refractivity contribution in [3.8, 4) is 0 Å². The number of benzene rings is 2. The van der Waals surface area contributed by atoms with Crippen molar-refractivity contribution >= 4 is 47.0 Å². The highest BCUT2D eigenvalue weighted by Gasteiger charge is 2.35. The zero-order chi connectivity index (χ0) is 29.2. The minimum absolute atomic E-state index is 0.161. The highest BCUT2D eigenvalue weighted by molar-refractivity contribution is 6.34. The van der Waals surface area contributed by atoms with Gasteiger partial charge in [-0.3, -0.25) is 14.4 Å². The van der Waals surface area contributed by atoms with Crippen LogP contribution in [0.2, 0.25) is 5.02 Å². The fraction of sp³-hybridized carbons (Fsp3) is 0.333. The standard InChI is InChI=1S/C30H30ClN7O4/c31-23-9-6-18(27(39)34-24(10-11-32)17-4-2-1-3-5-17)13-25(23)35-28(40)22-12-19-14-33-30(37-26(19)36-29(22)41)38-15-20-7-8-21(16-38)42-20/h1-6,9,12-14,20-22,24H,7-8,10-11,15-16,32H2,(H,34,39)(H,35,40). The number of rotatable bonds is 8. The number of hydrogen-bond donors (Lipinski definition) is 3. The number of halogens is 1. The van der Waals surface area contributed by atoms with E-state index in [1.165, 1.54) is 18.2 Å². The smallest absolute Gasteiger partial charge is 0.264 e. The predicted molar refractivity (Wildman–Crippen MR) is 156 cm³/mol. The summed E-state index contributed by atoms with van der Waals surface area (Å²) in [6.45, 7) is 1.77. The molecule has 3 aliphatic heterocycles. The molecule has 4 unspecified atom stereocenters. The lowest BCUT2D eigenvalue weighted by Crippen LogP contribution is -2.46. The van der Waals surface area contributed by atoms with Gasteiger partial charge in [0.05, 0.1) is 29.0 Å². The molecule has 11 nitrogen and oxygen atoms in total. The molecule has 0 spiro atoms. The zero-order valence-electron chi connectivity index (χ0n) is 22.7. The van der Waals surface area contributed by atoms with Crippen molar-refractivity contribution in [1.82, 2.24) is 15.3 Å². The number of aromatic nitrogens is 2. The molecule has 3 amide bonds. The maximum Gasteiger partial charge on any atom is 0.264 e. The van der Waals surface area contributed by atoms with E-state index < -0.39 is 17.7 Å². The predicted octanol–water partition coefficient (Wildman–Crippen LogP) is 1.51. The molecule has 4 N–H and O–H groups in total. The number of fused-ring (bicyclic) bond motifs is 3. The molecule has 2 fully saturated rings. The summed E-state index contributed by atoms with van der Waals surface area (Å²) in [5.41, 5.74) is 7.43. The van der Waals surface area contributed by atoms with Crippen LogP contribution in [-0.2, 0) is 14.3 Å². The van der Waals surface area contributed by atoms with Gasteiger partial charge in [0.1, 0.15) is 5.92 Å².